The van der Waals surface area contributed by atoms with Gasteiger partial charge in [-0.2, -0.15) is 0 Å². The molecule has 5 aromatic carbocycles. The van der Waals surface area contributed by atoms with Gasteiger partial charge in [0.2, 0.25) is 0 Å². The number of aliphatic hydroxyl groups excluding tert-OH is 1. The zero-order valence-electron chi connectivity index (χ0n) is 18.3. The van der Waals surface area contributed by atoms with Gasteiger partial charge in [-0.3, -0.25) is 0 Å². The van der Waals surface area contributed by atoms with Crippen LogP contribution in [-0.4, -0.2) is 11.2 Å². The molecule has 0 aliphatic carbocycles. The second kappa shape index (κ2) is 8.69. The first kappa shape index (κ1) is 20.0. The highest BCUT2D eigenvalue weighted by Gasteiger charge is 2.12. The smallest absolute Gasteiger partial charge is 0.0580 e. The Hall–Kier alpha value is -2.90. The molecule has 1 atom stereocenters. The van der Waals surface area contributed by atoms with E-state index in [1.807, 2.05) is 0 Å². The van der Waals surface area contributed by atoms with Crippen LogP contribution in [0.2, 0.25) is 0 Å². The fourth-order valence-electron chi connectivity index (χ4n) is 4.99. The van der Waals surface area contributed by atoms with E-state index in [9.17, 15) is 5.11 Å². The Morgan fingerprint density at radius 2 is 1.35 bits per heavy atom. The number of hydrogen-bond acceptors (Lipinski definition) is 1. The summed E-state index contributed by atoms with van der Waals surface area (Å²) in [4.78, 5) is 0. The van der Waals surface area contributed by atoms with Crippen LogP contribution < -0.4 is 0 Å². The first-order chi connectivity index (χ1) is 15.2. The normalized spacial score (nSPS) is 12.8. The van der Waals surface area contributed by atoms with Gasteiger partial charge in [-0.1, -0.05) is 111 Å². The molecule has 0 heterocycles. The summed E-state index contributed by atoms with van der Waals surface area (Å²) in [5.41, 5.74) is 3.72. The molecule has 1 nitrogen and oxygen atoms in total. The molecule has 1 N–H and O–H groups in total. The summed E-state index contributed by atoms with van der Waals surface area (Å²) < 4.78 is 0. The van der Waals surface area contributed by atoms with Crippen LogP contribution in [0.4, 0.5) is 0 Å². The topological polar surface area (TPSA) is 20.2 Å². The van der Waals surface area contributed by atoms with Crippen molar-refractivity contribution in [2.24, 2.45) is 0 Å². The van der Waals surface area contributed by atoms with Crippen LogP contribution in [0.3, 0.4) is 0 Å². The average molecular weight is 407 g/mol. The van der Waals surface area contributed by atoms with E-state index in [0.29, 0.717) is 0 Å². The van der Waals surface area contributed by atoms with Gasteiger partial charge in [0, 0.05) is 0 Å². The van der Waals surface area contributed by atoms with Crippen molar-refractivity contribution in [3.05, 3.63) is 84.4 Å². The maximum Gasteiger partial charge on any atom is 0.0580 e. The largest absolute Gasteiger partial charge is 0.393 e. The lowest BCUT2D eigenvalue weighted by Crippen LogP contribution is -2.10. The number of benzene rings is 5. The molecule has 0 amide bonds. The highest BCUT2D eigenvalue weighted by Crippen LogP contribution is 2.39. The van der Waals surface area contributed by atoms with E-state index in [1.165, 1.54) is 68.3 Å². The first-order valence-electron chi connectivity index (χ1n) is 11.7. The zero-order valence-corrected chi connectivity index (χ0v) is 18.3. The van der Waals surface area contributed by atoms with Gasteiger partial charge in [0.25, 0.3) is 0 Å². The summed E-state index contributed by atoms with van der Waals surface area (Å²) >= 11 is 0. The maximum atomic E-state index is 10.4. The lowest BCUT2D eigenvalue weighted by atomic mass is 9.89. The predicted molar refractivity (Wildman–Crippen MR) is 134 cm³/mol. The van der Waals surface area contributed by atoms with Crippen LogP contribution in [0, 0.1) is 0 Å². The second-order valence-corrected chi connectivity index (χ2v) is 8.87. The van der Waals surface area contributed by atoms with Crippen LogP contribution in [0.5, 0.6) is 0 Å². The molecule has 0 aliphatic heterocycles. The van der Waals surface area contributed by atoms with Crippen LogP contribution in [0.1, 0.15) is 44.6 Å². The molecule has 0 aliphatic rings. The van der Waals surface area contributed by atoms with Crippen molar-refractivity contribution in [3.8, 4) is 11.1 Å². The molecule has 31 heavy (non-hydrogen) atoms. The SMILES string of the molecule is CCCCCCC(O)Cc1ccc(-c2ccc3ccc4cccc5ccc2c3c45)cc1. The van der Waals surface area contributed by atoms with Crippen molar-refractivity contribution in [3.63, 3.8) is 0 Å². The Morgan fingerprint density at radius 1 is 0.677 bits per heavy atom. The van der Waals surface area contributed by atoms with Gasteiger partial charge in [-0.15, -0.1) is 0 Å². The third kappa shape index (κ3) is 3.91. The minimum atomic E-state index is -0.239. The fraction of sp³-hybridized carbons (Fsp3) is 0.267. The van der Waals surface area contributed by atoms with E-state index in [1.54, 1.807) is 0 Å². The van der Waals surface area contributed by atoms with Gasteiger partial charge in [0.15, 0.2) is 0 Å². The van der Waals surface area contributed by atoms with Crippen molar-refractivity contribution in [2.45, 2.75) is 51.6 Å². The Labute approximate surface area is 184 Å². The highest BCUT2D eigenvalue weighted by molar-refractivity contribution is 6.25. The van der Waals surface area contributed by atoms with Crippen molar-refractivity contribution < 1.29 is 5.11 Å². The molecule has 1 unspecified atom stereocenters. The van der Waals surface area contributed by atoms with E-state index >= 15 is 0 Å². The molecule has 5 aromatic rings. The minimum Gasteiger partial charge on any atom is -0.393 e. The number of rotatable bonds is 8. The Kier molecular flexibility index (Phi) is 5.61. The van der Waals surface area contributed by atoms with Gasteiger partial charge in [0.05, 0.1) is 6.10 Å². The van der Waals surface area contributed by atoms with Gasteiger partial charge in [0.1, 0.15) is 0 Å². The van der Waals surface area contributed by atoms with Crippen LogP contribution in [-0.2, 0) is 6.42 Å². The second-order valence-electron chi connectivity index (χ2n) is 8.87. The molecule has 156 valence electrons. The average Bonchev–Trinajstić information content (AvgIpc) is 2.81. The third-order valence-electron chi connectivity index (χ3n) is 6.66. The monoisotopic (exact) mass is 406 g/mol. The molecule has 0 fully saturated rings. The Balaban J connectivity index is 1.44. The number of hydrogen-bond donors (Lipinski definition) is 1. The Bertz CT molecular complexity index is 1280. The molecule has 1 heteroatoms. The summed E-state index contributed by atoms with van der Waals surface area (Å²) in [5.74, 6) is 0. The van der Waals surface area contributed by atoms with E-state index in [0.717, 1.165) is 19.3 Å². The Morgan fingerprint density at radius 3 is 2.10 bits per heavy atom. The van der Waals surface area contributed by atoms with Gasteiger partial charge >= 0.3 is 0 Å². The van der Waals surface area contributed by atoms with E-state index in [4.69, 9.17) is 0 Å². The van der Waals surface area contributed by atoms with Crippen LogP contribution in [0.15, 0.2) is 78.9 Å². The van der Waals surface area contributed by atoms with E-state index < -0.39 is 0 Å². The van der Waals surface area contributed by atoms with Gasteiger partial charge in [-0.25, -0.2) is 0 Å². The number of unbranched alkanes of at least 4 members (excludes halogenated alkanes) is 3. The first-order valence-corrected chi connectivity index (χ1v) is 11.7. The van der Waals surface area contributed by atoms with Crippen LogP contribution >= 0.6 is 0 Å². The summed E-state index contributed by atoms with van der Waals surface area (Å²) in [6.45, 7) is 2.22. The van der Waals surface area contributed by atoms with Gasteiger partial charge < -0.3 is 5.11 Å². The van der Waals surface area contributed by atoms with Gasteiger partial charge in [-0.05, 0) is 61.8 Å². The van der Waals surface area contributed by atoms with Crippen molar-refractivity contribution in [1.29, 1.82) is 0 Å². The maximum absolute atomic E-state index is 10.4. The minimum absolute atomic E-state index is 0.239. The highest BCUT2D eigenvalue weighted by atomic mass is 16.3. The predicted octanol–water partition coefficient (Wildman–Crippen LogP) is 8.12. The van der Waals surface area contributed by atoms with Crippen molar-refractivity contribution in [2.75, 3.05) is 0 Å². The summed E-state index contributed by atoms with van der Waals surface area (Å²) in [6.07, 6.45) is 6.25. The van der Waals surface area contributed by atoms with E-state index in [-0.39, 0.29) is 6.10 Å². The zero-order chi connectivity index (χ0) is 21.2. The number of aliphatic hydroxyl groups is 1. The standard InChI is InChI=1S/C30H30O/c1-2-3-4-5-9-26(31)20-21-10-12-22(13-11-21)27-18-16-25-15-14-23-7-6-8-24-17-19-28(27)30(25)29(23)24/h6-8,10-19,26,31H,2-5,9,20H2,1H3. The lowest BCUT2D eigenvalue weighted by Gasteiger charge is -2.15. The summed E-state index contributed by atoms with van der Waals surface area (Å²) in [6, 6.07) is 28.8. The van der Waals surface area contributed by atoms with Crippen molar-refractivity contribution in [1.82, 2.24) is 0 Å². The molecule has 5 rings (SSSR count). The molecular weight excluding hydrogens is 376 g/mol. The summed E-state index contributed by atoms with van der Waals surface area (Å²) in [7, 11) is 0. The van der Waals surface area contributed by atoms with Crippen LogP contribution in [0.25, 0.3) is 43.4 Å². The molecule has 0 saturated heterocycles. The van der Waals surface area contributed by atoms with Crippen molar-refractivity contribution >= 4 is 32.3 Å². The third-order valence-corrected chi connectivity index (χ3v) is 6.66. The molecule has 0 spiro atoms. The molecule has 0 radical (unpaired) electrons. The fourth-order valence-corrected chi connectivity index (χ4v) is 4.99. The molecule has 0 saturated carbocycles. The summed E-state index contributed by atoms with van der Waals surface area (Å²) in [5, 5.41) is 18.3. The molecular formula is C30H30O. The molecule has 0 bridgehead atoms. The lowest BCUT2D eigenvalue weighted by molar-refractivity contribution is 0.161. The molecule has 0 aromatic heterocycles. The quantitative estimate of drug-likeness (QED) is 0.204. The van der Waals surface area contributed by atoms with E-state index in [2.05, 4.69) is 85.8 Å².